The molecule has 0 aliphatic carbocycles. The molecule has 0 aliphatic heterocycles. The number of aliphatic hydroxyl groups excluding tert-OH is 1. The molecule has 17 heavy (non-hydrogen) atoms. The van der Waals surface area contributed by atoms with E-state index in [9.17, 15) is 5.11 Å². The fourth-order valence-corrected chi connectivity index (χ4v) is 3.75. The molecule has 4 heteroatoms. The summed E-state index contributed by atoms with van der Waals surface area (Å²) in [5, 5.41) is 10.3. The van der Waals surface area contributed by atoms with Gasteiger partial charge in [-0.25, -0.2) is 0 Å². The monoisotopic (exact) mass is 374 g/mol. The molecule has 0 fully saturated rings. The molecule has 90 valence electrons. The maximum atomic E-state index is 10.3. The van der Waals surface area contributed by atoms with Gasteiger partial charge in [-0.05, 0) is 55.5 Å². The summed E-state index contributed by atoms with van der Waals surface area (Å²) in [4.78, 5) is 0.942. The first kappa shape index (κ1) is 13.3. The zero-order valence-electron chi connectivity index (χ0n) is 9.28. The molecule has 0 bridgehead atoms. The highest BCUT2D eigenvalue weighted by Gasteiger charge is 2.15. The topological polar surface area (TPSA) is 20.2 Å². The smallest absolute Gasteiger partial charge is 0.113 e. The molecular weight excluding hydrogens is 364 g/mol. The average molecular weight is 376 g/mol. The molecule has 1 heterocycles. The quantitative estimate of drug-likeness (QED) is 0.807. The molecule has 0 radical (unpaired) electrons. The Morgan fingerprint density at radius 3 is 2.65 bits per heavy atom. The Kier molecular flexibility index (Phi) is 4.42. The molecule has 1 aromatic carbocycles. The van der Waals surface area contributed by atoms with Crippen LogP contribution in [0.1, 0.15) is 29.0 Å². The van der Waals surface area contributed by atoms with Gasteiger partial charge in [0.25, 0.3) is 0 Å². The summed E-state index contributed by atoms with van der Waals surface area (Å²) in [7, 11) is 0. The van der Waals surface area contributed by atoms with Crippen molar-refractivity contribution in [2.24, 2.45) is 0 Å². The van der Waals surface area contributed by atoms with Gasteiger partial charge in [0, 0.05) is 9.35 Å². The number of rotatable bonds is 3. The van der Waals surface area contributed by atoms with Crippen molar-refractivity contribution in [2.45, 2.75) is 19.4 Å². The van der Waals surface area contributed by atoms with E-state index >= 15 is 0 Å². The van der Waals surface area contributed by atoms with E-state index in [4.69, 9.17) is 0 Å². The van der Waals surface area contributed by atoms with Gasteiger partial charge in [-0.1, -0.05) is 31.2 Å². The predicted molar refractivity (Wildman–Crippen MR) is 79.6 cm³/mol. The van der Waals surface area contributed by atoms with Crippen molar-refractivity contribution in [1.29, 1.82) is 0 Å². The SMILES string of the molecule is CCc1cccc(C(O)c2cc(Br)c(Br)s2)c1. The summed E-state index contributed by atoms with van der Waals surface area (Å²) in [6.07, 6.45) is 0.437. The van der Waals surface area contributed by atoms with Crippen molar-refractivity contribution in [3.05, 3.63) is 54.6 Å². The van der Waals surface area contributed by atoms with E-state index in [1.54, 1.807) is 11.3 Å². The summed E-state index contributed by atoms with van der Waals surface area (Å²) >= 11 is 8.43. The highest BCUT2D eigenvalue weighted by Crippen LogP contribution is 2.37. The maximum absolute atomic E-state index is 10.3. The number of benzene rings is 1. The third-order valence-electron chi connectivity index (χ3n) is 2.61. The van der Waals surface area contributed by atoms with Gasteiger partial charge in [0.2, 0.25) is 0 Å². The molecule has 1 aromatic heterocycles. The molecule has 1 N–H and O–H groups in total. The molecule has 1 atom stereocenters. The minimum atomic E-state index is -0.547. The van der Waals surface area contributed by atoms with Gasteiger partial charge in [-0.2, -0.15) is 0 Å². The minimum Gasteiger partial charge on any atom is -0.383 e. The summed E-state index contributed by atoms with van der Waals surface area (Å²) in [6, 6.07) is 10.1. The Morgan fingerprint density at radius 1 is 1.29 bits per heavy atom. The Morgan fingerprint density at radius 2 is 2.06 bits per heavy atom. The van der Waals surface area contributed by atoms with Crippen LogP contribution >= 0.6 is 43.2 Å². The predicted octanol–water partition coefficient (Wildman–Crippen LogP) is 4.92. The number of hydrogen-bond donors (Lipinski definition) is 1. The largest absolute Gasteiger partial charge is 0.383 e. The van der Waals surface area contributed by atoms with Crippen molar-refractivity contribution in [3.8, 4) is 0 Å². The molecule has 2 rings (SSSR count). The fourth-order valence-electron chi connectivity index (χ4n) is 1.65. The van der Waals surface area contributed by atoms with Gasteiger partial charge in [0.15, 0.2) is 0 Å². The first-order valence-corrected chi connectivity index (χ1v) is 7.73. The molecule has 0 saturated heterocycles. The highest BCUT2D eigenvalue weighted by molar-refractivity contribution is 9.13. The van der Waals surface area contributed by atoms with Crippen LogP contribution in [0.15, 0.2) is 38.6 Å². The van der Waals surface area contributed by atoms with E-state index in [1.165, 1.54) is 5.56 Å². The van der Waals surface area contributed by atoms with E-state index in [2.05, 4.69) is 50.9 Å². The van der Waals surface area contributed by atoms with E-state index in [0.29, 0.717) is 0 Å². The summed E-state index contributed by atoms with van der Waals surface area (Å²) in [6.45, 7) is 2.11. The molecule has 0 aliphatic rings. The first-order chi connectivity index (χ1) is 8.11. The van der Waals surface area contributed by atoms with Gasteiger partial charge < -0.3 is 5.11 Å². The molecular formula is C13H12Br2OS. The lowest BCUT2D eigenvalue weighted by Crippen LogP contribution is -1.97. The van der Waals surface area contributed by atoms with E-state index < -0.39 is 6.10 Å². The van der Waals surface area contributed by atoms with Gasteiger partial charge in [-0.3, -0.25) is 0 Å². The molecule has 0 spiro atoms. The molecule has 1 unspecified atom stereocenters. The lowest BCUT2D eigenvalue weighted by molar-refractivity contribution is 0.224. The average Bonchev–Trinajstić information content (AvgIpc) is 2.69. The third-order valence-corrected chi connectivity index (χ3v) is 5.92. The van der Waals surface area contributed by atoms with Crippen LogP contribution in [0.5, 0.6) is 0 Å². The van der Waals surface area contributed by atoms with Crippen LogP contribution in [0, 0.1) is 0 Å². The van der Waals surface area contributed by atoms with Crippen LogP contribution in [0.4, 0.5) is 0 Å². The summed E-state index contributed by atoms with van der Waals surface area (Å²) < 4.78 is 2.00. The van der Waals surface area contributed by atoms with Gasteiger partial charge in [-0.15, -0.1) is 11.3 Å². The number of halogens is 2. The lowest BCUT2D eigenvalue weighted by Gasteiger charge is -2.10. The van der Waals surface area contributed by atoms with Gasteiger partial charge in [0.05, 0.1) is 3.79 Å². The molecule has 1 nitrogen and oxygen atoms in total. The first-order valence-electron chi connectivity index (χ1n) is 5.33. The van der Waals surface area contributed by atoms with Crippen LogP contribution in [0.25, 0.3) is 0 Å². The minimum absolute atomic E-state index is 0.547. The lowest BCUT2D eigenvalue weighted by atomic mass is 10.0. The van der Waals surface area contributed by atoms with E-state index in [0.717, 1.165) is 25.1 Å². The van der Waals surface area contributed by atoms with Crippen molar-refractivity contribution in [1.82, 2.24) is 0 Å². The highest BCUT2D eigenvalue weighted by atomic mass is 79.9. The summed E-state index contributed by atoms with van der Waals surface area (Å²) in [5.74, 6) is 0. The standard InChI is InChI=1S/C13H12Br2OS/c1-2-8-4-3-5-9(6-8)12(16)11-7-10(14)13(15)17-11/h3-7,12,16H,2H2,1H3. The van der Waals surface area contributed by atoms with Crippen molar-refractivity contribution >= 4 is 43.2 Å². The third kappa shape index (κ3) is 2.99. The zero-order valence-corrected chi connectivity index (χ0v) is 13.3. The molecule has 0 saturated carbocycles. The molecule has 2 aromatic rings. The van der Waals surface area contributed by atoms with Crippen LogP contribution in [0.2, 0.25) is 0 Å². The second-order valence-corrected chi connectivity index (χ2v) is 7.03. The van der Waals surface area contributed by atoms with Gasteiger partial charge in [0.1, 0.15) is 6.10 Å². The van der Waals surface area contributed by atoms with Crippen molar-refractivity contribution < 1.29 is 5.11 Å². The van der Waals surface area contributed by atoms with Crippen molar-refractivity contribution in [2.75, 3.05) is 0 Å². The summed E-state index contributed by atoms with van der Waals surface area (Å²) in [5.41, 5.74) is 2.20. The van der Waals surface area contributed by atoms with Crippen LogP contribution < -0.4 is 0 Å². The maximum Gasteiger partial charge on any atom is 0.113 e. The fraction of sp³-hybridized carbons (Fsp3) is 0.231. The Hall–Kier alpha value is -0.160. The Bertz CT molecular complexity index is 502. The van der Waals surface area contributed by atoms with Crippen LogP contribution in [-0.4, -0.2) is 5.11 Å². The normalized spacial score (nSPS) is 12.7. The second kappa shape index (κ2) is 5.65. The van der Waals surface area contributed by atoms with E-state index in [1.807, 2.05) is 18.2 Å². The molecule has 0 amide bonds. The number of aryl methyl sites for hydroxylation is 1. The Labute approximate surface area is 122 Å². The number of thiophene rings is 1. The van der Waals surface area contributed by atoms with Crippen LogP contribution in [-0.2, 0) is 6.42 Å². The van der Waals surface area contributed by atoms with Crippen LogP contribution in [0.3, 0.4) is 0 Å². The van der Waals surface area contributed by atoms with E-state index in [-0.39, 0.29) is 0 Å². The number of aliphatic hydroxyl groups is 1. The number of hydrogen-bond acceptors (Lipinski definition) is 2. The van der Waals surface area contributed by atoms with Crippen molar-refractivity contribution in [3.63, 3.8) is 0 Å². The van der Waals surface area contributed by atoms with Gasteiger partial charge >= 0.3 is 0 Å². The Balaban J connectivity index is 2.32. The second-order valence-electron chi connectivity index (χ2n) is 3.77. The zero-order chi connectivity index (χ0) is 12.4.